The van der Waals surface area contributed by atoms with Crippen LogP contribution in [-0.4, -0.2) is 48.2 Å². The molecule has 1 aromatic carbocycles. The molecular weight excluding hydrogens is 430 g/mol. The van der Waals surface area contributed by atoms with Gasteiger partial charge in [-0.25, -0.2) is 9.78 Å². The van der Waals surface area contributed by atoms with Crippen LogP contribution in [0.1, 0.15) is 45.1 Å². The van der Waals surface area contributed by atoms with E-state index in [2.05, 4.69) is 24.1 Å². The van der Waals surface area contributed by atoms with Crippen molar-refractivity contribution < 1.29 is 19.4 Å². The molecule has 1 saturated carbocycles. The third-order valence-electron chi connectivity index (χ3n) is 6.80. The van der Waals surface area contributed by atoms with Gasteiger partial charge < -0.3 is 20.1 Å². The van der Waals surface area contributed by atoms with Gasteiger partial charge in [0, 0.05) is 25.6 Å². The predicted octanol–water partition coefficient (Wildman–Crippen LogP) is 4.17. The van der Waals surface area contributed by atoms with Crippen LogP contribution in [0.15, 0.2) is 48.7 Å². The molecule has 0 unspecified atom stereocenters. The van der Waals surface area contributed by atoms with Gasteiger partial charge in [-0.3, -0.25) is 4.79 Å². The van der Waals surface area contributed by atoms with E-state index in [1.165, 1.54) is 0 Å². The molecule has 1 aliphatic rings. The van der Waals surface area contributed by atoms with Crippen molar-refractivity contribution in [2.24, 2.45) is 17.8 Å². The first kappa shape index (κ1) is 25.5. The summed E-state index contributed by atoms with van der Waals surface area (Å²) in [7, 11) is 1.96. The summed E-state index contributed by atoms with van der Waals surface area (Å²) in [5.41, 5.74) is 0.842. The number of nitrogens with zero attached hydrogens (tertiary/aromatic N) is 2. The first-order chi connectivity index (χ1) is 16.3. The molecular formula is C27H37N3O4. The van der Waals surface area contributed by atoms with Crippen molar-refractivity contribution in [2.45, 2.75) is 52.0 Å². The number of hydrogen-bond donors (Lipinski definition) is 2. The Hall–Kier alpha value is -3.09. The summed E-state index contributed by atoms with van der Waals surface area (Å²) in [5, 5.41) is 12.4. The topological polar surface area (TPSA) is 91.8 Å². The van der Waals surface area contributed by atoms with Gasteiger partial charge in [-0.1, -0.05) is 32.0 Å². The van der Waals surface area contributed by atoms with Gasteiger partial charge in [-0.2, -0.15) is 0 Å². The molecule has 1 heterocycles. The Kier molecular flexibility index (Phi) is 9.31. The second kappa shape index (κ2) is 12.4. The van der Waals surface area contributed by atoms with Gasteiger partial charge in [0.1, 0.15) is 24.2 Å². The molecule has 184 valence electrons. The lowest BCUT2D eigenvalue weighted by molar-refractivity contribution is -0.142. The Morgan fingerprint density at radius 3 is 2.41 bits per heavy atom. The molecule has 0 saturated heterocycles. The summed E-state index contributed by atoms with van der Waals surface area (Å²) in [5.74, 6) is 1.66. The highest BCUT2D eigenvalue weighted by atomic mass is 16.5. The molecule has 2 aromatic rings. The zero-order valence-corrected chi connectivity index (χ0v) is 20.4. The lowest BCUT2D eigenvalue weighted by Gasteiger charge is -2.30. The molecule has 1 atom stereocenters. The Bertz CT molecular complexity index is 909. The van der Waals surface area contributed by atoms with Gasteiger partial charge >= 0.3 is 5.97 Å². The van der Waals surface area contributed by atoms with Gasteiger partial charge in [0.2, 0.25) is 5.91 Å². The first-order valence-corrected chi connectivity index (χ1v) is 12.2. The lowest BCUT2D eigenvalue weighted by atomic mass is 9.76. The zero-order valence-electron chi connectivity index (χ0n) is 20.4. The van der Waals surface area contributed by atoms with Crippen LogP contribution in [0.25, 0.3) is 0 Å². The maximum absolute atomic E-state index is 12.7. The summed E-state index contributed by atoms with van der Waals surface area (Å²) in [4.78, 5) is 30.8. The van der Waals surface area contributed by atoms with Gasteiger partial charge in [0.15, 0.2) is 0 Å². The average Bonchev–Trinajstić information content (AvgIpc) is 2.85. The van der Waals surface area contributed by atoms with Crippen LogP contribution in [-0.2, 0) is 16.0 Å². The van der Waals surface area contributed by atoms with Crippen molar-refractivity contribution in [2.75, 3.05) is 25.1 Å². The number of benzene rings is 1. The van der Waals surface area contributed by atoms with Crippen LogP contribution in [0.2, 0.25) is 0 Å². The van der Waals surface area contributed by atoms with Crippen LogP contribution in [0.3, 0.4) is 0 Å². The predicted molar refractivity (Wildman–Crippen MR) is 133 cm³/mol. The molecule has 1 aromatic heterocycles. The summed E-state index contributed by atoms with van der Waals surface area (Å²) >= 11 is 0. The number of pyridine rings is 1. The van der Waals surface area contributed by atoms with Crippen LogP contribution in [0, 0.1) is 17.8 Å². The highest BCUT2D eigenvalue weighted by Crippen LogP contribution is 2.33. The fourth-order valence-electron chi connectivity index (χ4n) is 4.49. The van der Waals surface area contributed by atoms with Crippen molar-refractivity contribution in [1.82, 2.24) is 10.3 Å². The molecule has 0 spiro atoms. The highest BCUT2D eigenvalue weighted by Gasteiger charge is 2.30. The SMILES string of the molecule is CC(C)C1CCC(C(=O)N[C@@H](Cc2ccc(OCCN(C)c3ccccn3)cc2)C(=O)O)CC1. The first-order valence-electron chi connectivity index (χ1n) is 12.2. The molecule has 34 heavy (non-hydrogen) atoms. The summed E-state index contributed by atoms with van der Waals surface area (Å²) in [6.45, 7) is 5.63. The summed E-state index contributed by atoms with van der Waals surface area (Å²) in [6, 6.07) is 12.2. The number of ether oxygens (including phenoxy) is 1. The van der Waals surface area contributed by atoms with E-state index in [0.717, 1.165) is 42.8 Å². The van der Waals surface area contributed by atoms with Crippen LogP contribution >= 0.6 is 0 Å². The van der Waals surface area contributed by atoms with Gasteiger partial charge in [-0.05, 0) is 67.3 Å². The molecule has 3 rings (SSSR count). The second-order valence-corrected chi connectivity index (χ2v) is 9.56. The van der Waals surface area contributed by atoms with E-state index in [9.17, 15) is 14.7 Å². The number of carbonyl (C=O) groups is 2. The summed E-state index contributed by atoms with van der Waals surface area (Å²) < 4.78 is 5.82. The maximum Gasteiger partial charge on any atom is 0.326 e. The van der Waals surface area contributed by atoms with Crippen molar-refractivity contribution in [1.29, 1.82) is 0 Å². The minimum absolute atomic E-state index is 0.0863. The van der Waals surface area contributed by atoms with Gasteiger partial charge in [0.05, 0.1) is 6.54 Å². The standard InChI is InChI=1S/C27H37N3O4/c1-19(2)21-9-11-22(12-10-21)26(31)29-24(27(32)33)18-20-7-13-23(14-8-20)34-17-16-30(3)25-6-4-5-15-28-25/h4-8,13-15,19,21-22,24H,9-12,16-18H2,1-3H3,(H,29,31)(H,32,33)/t21?,22?,24-/m0/s1. The van der Waals surface area contributed by atoms with E-state index < -0.39 is 12.0 Å². The third kappa shape index (κ3) is 7.47. The monoisotopic (exact) mass is 467 g/mol. The molecule has 0 bridgehead atoms. The number of likely N-dealkylation sites (N-methyl/N-ethyl adjacent to an activating group) is 1. The van der Waals surface area contributed by atoms with E-state index in [1.807, 2.05) is 54.4 Å². The van der Waals surface area contributed by atoms with E-state index in [-0.39, 0.29) is 18.2 Å². The second-order valence-electron chi connectivity index (χ2n) is 9.56. The van der Waals surface area contributed by atoms with Crippen LogP contribution in [0.5, 0.6) is 5.75 Å². The lowest BCUT2D eigenvalue weighted by Crippen LogP contribution is -2.45. The molecule has 2 N–H and O–H groups in total. The number of carboxylic acids is 1. The minimum Gasteiger partial charge on any atom is -0.492 e. The number of carboxylic acid groups (broad SMARTS) is 1. The number of rotatable bonds is 11. The highest BCUT2D eigenvalue weighted by molar-refractivity contribution is 5.85. The zero-order chi connectivity index (χ0) is 24.5. The molecule has 7 nitrogen and oxygen atoms in total. The Balaban J connectivity index is 1.46. The van der Waals surface area contributed by atoms with Crippen LogP contribution < -0.4 is 15.0 Å². The van der Waals surface area contributed by atoms with Crippen LogP contribution in [0.4, 0.5) is 5.82 Å². The number of amides is 1. The number of hydrogen-bond acceptors (Lipinski definition) is 5. The van der Waals surface area contributed by atoms with Crippen molar-refractivity contribution >= 4 is 17.7 Å². The molecule has 1 aliphatic carbocycles. The summed E-state index contributed by atoms with van der Waals surface area (Å²) in [6.07, 6.45) is 5.74. The molecule has 0 radical (unpaired) electrons. The number of carbonyl (C=O) groups excluding carboxylic acids is 1. The molecule has 1 amide bonds. The van der Waals surface area contributed by atoms with E-state index >= 15 is 0 Å². The normalized spacial score (nSPS) is 18.8. The number of aromatic nitrogens is 1. The van der Waals surface area contributed by atoms with E-state index in [0.29, 0.717) is 25.0 Å². The van der Waals surface area contributed by atoms with Crippen molar-refractivity contribution in [3.63, 3.8) is 0 Å². The number of nitrogens with one attached hydrogen (secondary N) is 1. The van der Waals surface area contributed by atoms with Gasteiger partial charge in [-0.15, -0.1) is 0 Å². The van der Waals surface area contributed by atoms with Crippen molar-refractivity contribution in [3.05, 3.63) is 54.2 Å². The fraction of sp³-hybridized carbons (Fsp3) is 0.519. The smallest absolute Gasteiger partial charge is 0.326 e. The molecule has 0 aliphatic heterocycles. The molecule has 1 fully saturated rings. The minimum atomic E-state index is -1.01. The largest absolute Gasteiger partial charge is 0.492 e. The van der Waals surface area contributed by atoms with E-state index in [1.54, 1.807) is 6.20 Å². The number of aliphatic carboxylic acids is 1. The Morgan fingerprint density at radius 2 is 1.82 bits per heavy atom. The molecule has 7 heteroatoms. The van der Waals surface area contributed by atoms with E-state index in [4.69, 9.17) is 4.74 Å². The average molecular weight is 468 g/mol. The third-order valence-corrected chi connectivity index (χ3v) is 6.80. The fourth-order valence-corrected chi connectivity index (χ4v) is 4.49. The van der Waals surface area contributed by atoms with Crippen molar-refractivity contribution in [3.8, 4) is 5.75 Å². The number of anilines is 1. The Morgan fingerprint density at radius 1 is 1.12 bits per heavy atom. The maximum atomic E-state index is 12.7. The van der Waals surface area contributed by atoms with Gasteiger partial charge in [0.25, 0.3) is 0 Å². The Labute approximate surface area is 202 Å². The quantitative estimate of drug-likeness (QED) is 0.515.